The summed E-state index contributed by atoms with van der Waals surface area (Å²) in [5, 5.41) is 113. The zero-order valence-electron chi connectivity index (χ0n) is 66.8. The van der Waals surface area contributed by atoms with E-state index in [9.17, 15) is 34.7 Å². The number of nitrogens with zero attached hydrogens (tertiary/aromatic N) is 8. The van der Waals surface area contributed by atoms with Gasteiger partial charge in [0.1, 0.15) is 21.7 Å². The van der Waals surface area contributed by atoms with Crippen LogP contribution in [0.15, 0.2) is 316 Å². The minimum Gasteiger partial charge on any atom is -0.399 e. The zero-order chi connectivity index (χ0) is 87.1. The van der Waals surface area contributed by atoms with E-state index in [-0.39, 0.29) is 124 Å². The van der Waals surface area contributed by atoms with Gasteiger partial charge in [0.15, 0.2) is 0 Å². The number of hydrogen-bond acceptors (Lipinski definition) is 21. The van der Waals surface area contributed by atoms with E-state index < -0.39 is 52.1 Å². The average Bonchev–Trinajstić information content (AvgIpc) is 0.791. The van der Waals surface area contributed by atoms with Crippen LogP contribution in [0.4, 0.5) is 31.8 Å². The van der Waals surface area contributed by atoms with Crippen molar-refractivity contribution in [2.75, 3.05) is 55.0 Å². The Kier molecular flexibility index (Phi) is 81.8. The second-order valence-corrected chi connectivity index (χ2v) is 36.2. The average molecular weight is 1980 g/mol. The molecule has 0 aliphatic heterocycles. The Morgan fingerprint density at radius 1 is 0.328 bits per heavy atom. The maximum Gasteiger partial charge on any atom is 0.291 e. The van der Waals surface area contributed by atoms with Gasteiger partial charge in [-0.25, -0.2) is 4.39 Å². The van der Waals surface area contributed by atoms with Crippen molar-refractivity contribution in [3.05, 3.63) is 418 Å². The Labute approximate surface area is 750 Å². The molecule has 122 heavy (non-hydrogen) atoms. The van der Waals surface area contributed by atoms with Crippen molar-refractivity contribution in [1.82, 2.24) is 6.15 Å². The summed E-state index contributed by atoms with van der Waals surface area (Å²) in [6.07, 6.45) is 43.0. The van der Waals surface area contributed by atoms with Crippen molar-refractivity contribution in [1.29, 1.82) is 0 Å². The minimum atomic E-state index is -1.75. The van der Waals surface area contributed by atoms with Gasteiger partial charge in [-0.05, 0) is 170 Å². The zero-order valence-corrected chi connectivity index (χ0v) is 74.1. The van der Waals surface area contributed by atoms with Crippen LogP contribution in [0.25, 0.3) is 0 Å². The predicted molar refractivity (Wildman–Crippen MR) is 495 cm³/mol. The number of halogens is 3. The molecule has 31 nitrogen and oxygen atoms in total. The van der Waals surface area contributed by atoms with Crippen LogP contribution in [0, 0.1) is 102 Å². The molecule has 0 unspecified atom stereocenters. The van der Waals surface area contributed by atoms with Crippen LogP contribution in [0.3, 0.4) is 0 Å². The van der Waals surface area contributed by atoms with Gasteiger partial charge in [0.25, 0.3) is 27.2 Å². The van der Waals surface area contributed by atoms with Gasteiger partial charge in [0.05, 0.1) is 105 Å². The van der Waals surface area contributed by atoms with E-state index in [0.29, 0.717) is 5.69 Å². The van der Waals surface area contributed by atoms with Crippen molar-refractivity contribution in [3.8, 4) is 0 Å². The van der Waals surface area contributed by atoms with Gasteiger partial charge in [0.2, 0.25) is 0 Å². The molecule has 0 aromatic heterocycles. The molecule has 0 atom stereocenters. The molecule has 0 saturated heterocycles. The maximum absolute atomic E-state index is 13.4. The number of nitrogen functional groups attached to an aromatic ring is 1. The normalized spacial score (nSPS) is 10.2. The number of nitro groups is 3. The van der Waals surface area contributed by atoms with Crippen LogP contribution in [0.1, 0.15) is 70.2 Å². The second kappa shape index (κ2) is 77.3. The Balaban J connectivity index is -0.000000177. The molecule has 0 amide bonds. The van der Waals surface area contributed by atoms with Gasteiger partial charge in [0, 0.05) is 86.8 Å². The van der Waals surface area contributed by atoms with Crippen LogP contribution < -0.4 is 49.0 Å². The first-order chi connectivity index (χ1) is 54.7. The first-order valence-corrected chi connectivity index (χ1v) is 42.8. The van der Waals surface area contributed by atoms with E-state index in [1.165, 1.54) is 73.7 Å². The summed E-state index contributed by atoms with van der Waals surface area (Å²) >= 11 is 0. The molecule has 7 N–H and O–H groups in total. The van der Waals surface area contributed by atoms with E-state index in [1.54, 1.807) is 36.4 Å². The van der Waals surface area contributed by atoms with Crippen molar-refractivity contribution in [2.24, 2.45) is 0 Å². The SMILES string of the molecule is C.C.C/C=C\CP(C/C=C\C)c1ccccc1.C/C=C\C[P+](C/C=C\C)(c1ccccc1)c1ccc([18F])cc1.C/C=C\C[P+](C/C=C\C)(c1ccccc1)c1ccc([N+](=O)[O-])cc1.C/C=C\C[P+](C/C=C\C)(c1ccccc1)c1ccc([N+](=O)[O-])cc1.Cl.N.Nc1ccc([N+](=O)[O-])cc1.O=[N+]([O-])O.O=[N+]([O-])O.O=[N+]([O-])[O-].O=[N+]([O-])[O-].O=[N+]([O-])[O-].[18FH].[Ag].[Ag]. The fraction of sp³-hybridized carbons (Fsp3) is 0.220. The molecule has 0 bridgehead atoms. The molecule has 0 heterocycles. The van der Waals surface area contributed by atoms with Gasteiger partial charge in [-0.3, -0.25) is 35.0 Å². The molecule has 0 saturated carbocycles. The van der Waals surface area contributed by atoms with E-state index >= 15 is 0 Å². The maximum atomic E-state index is 13.4. The largest absolute Gasteiger partial charge is 0.399 e. The number of anilines is 1. The molecule has 8 rings (SSSR count). The summed E-state index contributed by atoms with van der Waals surface area (Å²) in [6, 6.07) is 69.6. The van der Waals surface area contributed by atoms with E-state index in [0.717, 1.165) is 37.0 Å². The number of non-ortho nitro benzene ring substituents is 3. The van der Waals surface area contributed by atoms with Crippen molar-refractivity contribution in [3.63, 3.8) is 0 Å². The number of nitro benzene ring substituents is 3. The summed E-state index contributed by atoms with van der Waals surface area (Å²) in [7, 11) is -5.00. The summed E-state index contributed by atoms with van der Waals surface area (Å²) < 4.78 is 13.4. The van der Waals surface area contributed by atoms with Crippen LogP contribution in [0.2, 0.25) is 0 Å². The van der Waals surface area contributed by atoms with Gasteiger partial charge in [-0.15, -0.1) is 32.6 Å². The Morgan fingerprint density at radius 3 is 0.689 bits per heavy atom. The molecule has 40 heteroatoms. The molecule has 0 fully saturated rings. The quantitative estimate of drug-likeness (QED) is 0.00976. The molecule has 0 aliphatic carbocycles. The number of allylic oxidation sites excluding steroid dienone is 16. The molecule has 0 aliphatic rings. The van der Waals surface area contributed by atoms with Gasteiger partial charge in [-0.2, -0.15) is 0 Å². The standard InChI is InChI=1S/C20H23FP.2C20H23NO2P.C14H19P.C6H6N2O2.2CH4.2Ag.ClH.FH.2HNO3.3NO3.H3N/c1-3-5-16-22(17-6-4-2,19-10-8-7-9-11-19)20-14-12-18(21)13-15-20;2*1-3-5-16-24(17-6-4-2,19-10-8-7-9-11-19)20-14-12-18(13-15-20)21(22)23;1-3-5-12-15(13-6-4-2)14-10-8-7-9-11-14;7-5-1-3-6(4-2-5)8(9)10;;;;;;;5*2-1(3)4;/h3-15H,16-17H2,1-2H3;2*3-15H,16-17H2,1-2H3;3-11H,12-13H2,1-2H3;1-4H,7H2;2*1H4;;;2*1H;2*(H,2,3,4);;;;1H3/q3*+1;;;;;;;;;;;3*-1;/b4*5-3-,6-4-;;;;;;;;;;;;;/i21-1;;;;;;;;;;1-1;;;;;;. The number of benzene rings is 8. The van der Waals surface area contributed by atoms with Crippen LogP contribution in [-0.4, -0.2) is 99.9 Å². The molecular weight excluding hydrogens is 1870 g/mol. The fourth-order valence-electron chi connectivity index (χ4n) is 10.2. The Morgan fingerprint density at radius 2 is 0.500 bits per heavy atom. The second-order valence-electron chi connectivity index (χ2n) is 22.8. The van der Waals surface area contributed by atoms with E-state index in [2.05, 4.69) is 228 Å². The number of hydrogen-bond donors (Lipinski definition) is 4. The predicted octanol–water partition coefficient (Wildman–Crippen LogP) is 20.1. The summed E-state index contributed by atoms with van der Waals surface area (Å²) in [5.74, 6) is -0.174. The monoisotopic (exact) mass is 1980 g/mol. The fourth-order valence-corrected chi connectivity index (χ4v) is 24.0. The third kappa shape index (κ3) is 55.8. The third-order valence-electron chi connectivity index (χ3n) is 15.4. The first kappa shape index (κ1) is 129. The van der Waals surface area contributed by atoms with E-state index in [4.69, 9.17) is 82.3 Å². The molecule has 0 spiro atoms. The van der Waals surface area contributed by atoms with Gasteiger partial charge < -0.3 is 68.3 Å². The number of rotatable bonds is 26. The van der Waals surface area contributed by atoms with E-state index in [1.807, 2.05) is 82.3 Å². The number of nitrogens with two attached hydrogens (primary N) is 1. The molecular formula is C82H109Ag2ClF2N10O21P4. The molecule has 8 aromatic rings. The van der Waals surface area contributed by atoms with Gasteiger partial charge in [-0.1, -0.05) is 205 Å². The van der Waals surface area contributed by atoms with Crippen LogP contribution in [0.5, 0.6) is 0 Å². The Hall–Kier alpha value is -11.0. The Bertz CT molecular complexity index is 4130. The smallest absolute Gasteiger partial charge is 0.291 e. The van der Waals surface area contributed by atoms with Crippen molar-refractivity contribution < 1.29 is 104 Å². The van der Waals surface area contributed by atoms with Crippen LogP contribution >= 0.6 is 42.1 Å². The van der Waals surface area contributed by atoms with Gasteiger partial charge >= 0.3 is 0 Å². The van der Waals surface area contributed by atoms with Crippen molar-refractivity contribution >= 4 is 102 Å². The summed E-state index contributed by atoms with van der Waals surface area (Å²) in [5.41, 5.74) is 6.18. The minimum absolute atomic E-state index is 0. The van der Waals surface area contributed by atoms with Crippen molar-refractivity contribution in [2.45, 2.75) is 70.2 Å². The molecule has 8 aromatic carbocycles. The van der Waals surface area contributed by atoms with Crippen LogP contribution in [-0.2, 0) is 44.8 Å². The summed E-state index contributed by atoms with van der Waals surface area (Å²) in [6.45, 7) is 16.4. The third-order valence-corrected chi connectivity index (χ3v) is 30.5. The topological polar surface area (TPSA) is 516 Å². The summed E-state index contributed by atoms with van der Waals surface area (Å²) in [4.78, 5) is 72.3. The molecule has 2 radical (unpaired) electrons. The first-order valence-electron chi connectivity index (χ1n) is 34.6. The molecule has 676 valence electrons.